The van der Waals surface area contributed by atoms with E-state index in [0.717, 1.165) is 10.0 Å². The lowest BCUT2D eigenvalue weighted by molar-refractivity contribution is 0.0572. The van der Waals surface area contributed by atoms with Gasteiger partial charge in [0.2, 0.25) is 0 Å². The van der Waals surface area contributed by atoms with Crippen LogP contribution < -0.4 is 0 Å². The first-order valence-corrected chi connectivity index (χ1v) is 6.20. The van der Waals surface area contributed by atoms with Gasteiger partial charge >= 0.3 is 0 Å². The largest absolute Gasteiger partial charge is 0.388 e. The van der Waals surface area contributed by atoms with E-state index < -0.39 is 12.2 Å². The van der Waals surface area contributed by atoms with Crippen molar-refractivity contribution in [3.05, 3.63) is 33.8 Å². The average Bonchev–Trinajstić information content (AvgIpc) is 2.62. The Kier molecular flexibility index (Phi) is 3.51. The van der Waals surface area contributed by atoms with Crippen LogP contribution in [0.3, 0.4) is 0 Å². The van der Waals surface area contributed by atoms with Crippen LogP contribution in [-0.4, -0.2) is 46.3 Å². The number of benzene rings is 1. The SMILES string of the molecule is Cc1ccc(Br)c(C(=O)N2CC(O)C(O)C2)c1. The number of carbonyl (C=O) groups excluding carboxylic acids is 1. The fraction of sp³-hybridized carbons (Fsp3) is 0.417. The molecule has 0 aliphatic carbocycles. The molecule has 1 aliphatic rings. The van der Waals surface area contributed by atoms with Crippen LogP contribution in [0.4, 0.5) is 0 Å². The molecule has 0 bridgehead atoms. The molecule has 17 heavy (non-hydrogen) atoms. The van der Waals surface area contributed by atoms with Crippen molar-refractivity contribution in [1.82, 2.24) is 4.90 Å². The van der Waals surface area contributed by atoms with E-state index in [2.05, 4.69) is 15.9 Å². The minimum absolute atomic E-state index is 0.170. The second-order valence-corrected chi connectivity index (χ2v) is 5.18. The minimum Gasteiger partial charge on any atom is -0.388 e. The number of aryl methyl sites for hydroxylation is 1. The first-order valence-electron chi connectivity index (χ1n) is 5.40. The second-order valence-electron chi connectivity index (χ2n) is 4.33. The van der Waals surface area contributed by atoms with Crippen LogP contribution in [0.5, 0.6) is 0 Å². The number of nitrogens with zero attached hydrogens (tertiary/aromatic N) is 1. The summed E-state index contributed by atoms with van der Waals surface area (Å²) < 4.78 is 0.726. The lowest BCUT2D eigenvalue weighted by Gasteiger charge is -2.16. The topological polar surface area (TPSA) is 60.8 Å². The third-order valence-electron chi connectivity index (χ3n) is 2.90. The maximum Gasteiger partial charge on any atom is 0.255 e. The number of rotatable bonds is 1. The summed E-state index contributed by atoms with van der Waals surface area (Å²) in [5, 5.41) is 18.9. The highest BCUT2D eigenvalue weighted by Crippen LogP contribution is 2.22. The highest BCUT2D eigenvalue weighted by molar-refractivity contribution is 9.10. The zero-order valence-corrected chi connectivity index (χ0v) is 11.0. The Balaban J connectivity index is 2.23. The van der Waals surface area contributed by atoms with Gasteiger partial charge in [-0.05, 0) is 35.0 Å². The summed E-state index contributed by atoms with van der Waals surface area (Å²) in [6.45, 7) is 2.28. The first-order chi connectivity index (χ1) is 7.99. The van der Waals surface area contributed by atoms with Gasteiger partial charge in [0.05, 0.1) is 17.8 Å². The Morgan fingerprint density at radius 3 is 2.53 bits per heavy atom. The third kappa shape index (κ3) is 2.51. The first kappa shape index (κ1) is 12.5. The van der Waals surface area contributed by atoms with E-state index in [1.165, 1.54) is 4.90 Å². The smallest absolute Gasteiger partial charge is 0.255 e. The lowest BCUT2D eigenvalue weighted by Crippen LogP contribution is -2.30. The molecular weight excluding hydrogens is 286 g/mol. The van der Waals surface area contributed by atoms with Crippen molar-refractivity contribution in [2.45, 2.75) is 19.1 Å². The molecule has 0 saturated carbocycles. The highest BCUT2D eigenvalue weighted by atomic mass is 79.9. The quantitative estimate of drug-likeness (QED) is 0.811. The van der Waals surface area contributed by atoms with E-state index in [1.807, 2.05) is 19.1 Å². The molecule has 2 rings (SSSR count). The molecule has 1 aromatic carbocycles. The number of carbonyl (C=O) groups is 1. The standard InChI is InChI=1S/C12H14BrNO3/c1-7-2-3-9(13)8(4-7)12(17)14-5-10(15)11(16)6-14/h2-4,10-11,15-16H,5-6H2,1H3. The van der Waals surface area contributed by atoms with Crippen molar-refractivity contribution in [3.8, 4) is 0 Å². The van der Waals surface area contributed by atoms with Crippen LogP contribution >= 0.6 is 15.9 Å². The van der Waals surface area contributed by atoms with Gasteiger partial charge in [0.25, 0.3) is 5.91 Å². The fourth-order valence-electron chi connectivity index (χ4n) is 1.91. The van der Waals surface area contributed by atoms with Crippen LogP contribution in [0.2, 0.25) is 0 Å². The number of aliphatic hydroxyl groups excluding tert-OH is 2. The molecule has 1 saturated heterocycles. The van der Waals surface area contributed by atoms with Crippen molar-refractivity contribution in [2.24, 2.45) is 0 Å². The van der Waals surface area contributed by atoms with E-state index in [0.29, 0.717) is 5.56 Å². The predicted molar refractivity (Wildman–Crippen MR) is 66.8 cm³/mol. The number of β-amino-alcohol motifs (C(OH)–C–C–N with tert-alkyl or cyclic N) is 2. The molecule has 0 radical (unpaired) electrons. The maximum absolute atomic E-state index is 12.2. The summed E-state index contributed by atoms with van der Waals surface area (Å²) in [5.74, 6) is -0.170. The zero-order chi connectivity index (χ0) is 12.6. The van der Waals surface area contributed by atoms with Gasteiger partial charge in [0.15, 0.2) is 0 Å². The molecule has 1 fully saturated rings. The number of aliphatic hydroxyl groups is 2. The predicted octanol–water partition coefficient (Wildman–Crippen LogP) is 0.935. The Bertz CT molecular complexity index is 439. The van der Waals surface area contributed by atoms with Crippen molar-refractivity contribution in [3.63, 3.8) is 0 Å². The minimum atomic E-state index is -0.845. The number of hydrogen-bond donors (Lipinski definition) is 2. The highest BCUT2D eigenvalue weighted by Gasteiger charge is 2.33. The molecule has 2 unspecified atom stereocenters. The van der Waals surface area contributed by atoms with E-state index in [-0.39, 0.29) is 19.0 Å². The van der Waals surface area contributed by atoms with Gasteiger partial charge in [0, 0.05) is 17.6 Å². The summed E-state index contributed by atoms with van der Waals surface area (Å²) in [7, 11) is 0. The van der Waals surface area contributed by atoms with Gasteiger partial charge in [-0.15, -0.1) is 0 Å². The number of hydrogen-bond acceptors (Lipinski definition) is 3. The van der Waals surface area contributed by atoms with Crippen molar-refractivity contribution in [1.29, 1.82) is 0 Å². The maximum atomic E-state index is 12.2. The van der Waals surface area contributed by atoms with Gasteiger partial charge in [0.1, 0.15) is 0 Å². The fourth-order valence-corrected chi connectivity index (χ4v) is 2.32. The van der Waals surface area contributed by atoms with E-state index in [4.69, 9.17) is 0 Å². The van der Waals surface area contributed by atoms with Gasteiger partial charge < -0.3 is 15.1 Å². The Morgan fingerprint density at radius 1 is 1.35 bits per heavy atom. The molecule has 4 nitrogen and oxygen atoms in total. The van der Waals surface area contributed by atoms with E-state index in [9.17, 15) is 15.0 Å². The summed E-state index contributed by atoms with van der Waals surface area (Å²) >= 11 is 3.34. The number of amides is 1. The Hall–Kier alpha value is -0.910. The van der Waals surface area contributed by atoms with Gasteiger partial charge in [-0.2, -0.15) is 0 Å². The van der Waals surface area contributed by atoms with Crippen LogP contribution in [0.15, 0.2) is 22.7 Å². The number of halogens is 1. The normalized spacial score (nSPS) is 24.1. The van der Waals surface area contributed by atoms with E-state index in [1.54, 1.807) is 6.07 Å². The van der Waals surface area contributed by atoms with Gasteiger partial charge in [-0.1, -0.05) is 11.6 Å². The summed E-state index contributed by atoms with van der Waals surface area (Å²) in [6, 6.07) is 5.53. The van der Waals surface area contributed by atoms with Crippen LogP contribution in [0, 0.1) is 6.92 Å². The monoisotopic (exact) mass is 299 g/mol. The van der Waals surface area contributed by atoms with Gasteiger partial charge in [-0.3, -0.25) is 4.79 Å². The second kappa shape index (κ2) is 4.76. The molecule has 92 valence electrons. The van der Waals surface area contributed by atoms with Crippen LogP contribution in [-0.2, 0) is 0 Å². The summed E-state index contributed by atoms with van der Waals surface area (Å²) in [4.78, 5) is 13.7. The lowest BCUT2D eigenvalue weighted by atomic mass is 10.1. The van der Waals surface area contributed by atoms with Gasteiger partial charge in [-0.25, -0.2) is 0 Å². The number of likely N-dealkylation sites (tertiary alicyclic amines) is 1. The molecular formula is C12H14BrNO3. The summed E-state index contributed by atoms with van der Waals surface area (Å²) in [6.07, 6.45) is -1.69. The van der Waals surface area contributed by atoms with Crippen molar-refractivity contribution < 1.29 is 15.0 Å². The molecule has 1 heterocycles. The Labute approximate surface area is 108 Å². The molecule has 0 aromatic heterocycles. The van der Waals surface area contributed by atoms with Crippen molar-refractivity contribution >= 4 is 21.8 Å². The van der Waals surface area contributed by atoms with E-state index >= 15 is 0 Å². The molecule has 1 aromatic rings. The van der Waals surface area contributed by atoms with Crippen LogP contribution in [0.1, 0.15) is 15.9 Å². The molecule has 2 N–H and O–H groups in total. The molecule has 5 heteroatoms. The average molecular weight is 300 g/mol. The third-order valence-corrected chi connectivity index (χ3v) is 3.59. The summed E-state index contributed by atoms with van der Waals surface area (Å²) in [5.41, 5.74) is 1.56. The zero-order valence-electron chi connectivity index (χ0n) is 9.43. The van der Waals surface area contributed by atoms with Crippen LogP contribution in [0.25, 0.3) is 0 Å². The molecule has 0 spiro atoms. The Morgan fingerprint density at radius 2 is 1.94 bits per heavy atom. The molecule has 1 aliphatic heterocycles. The van der Waals surface area contributed by atoms with Crippen molar-refractivity contribution in [2.75, 3.05) is 13.1 Å². The molecule has 1 amide bonds. The molecule has 2 atom stereocenters.